The highest BCUT2D eigenvalue weighted by atomic mass is 19.3. The maximum atomic E-state index is 14.6. The minimum atomic E-state index is -2.81. The van der Waals surface area contributed by atoms with Gasteiger partial charge in [0.15, 0.2) is 6.61 Å². The molecule has 4 rings (SSSR count). The van der Waals surface area contributed by atoms with E-state index in [-0.39, 0.29) is 48.5 Å². The molecule has 1 amide bonds. The molecule has 1 aliphatic rings. The van der Waals surface area contributed by atoms with Gasteiger partial charge >= 0.3 is 0 Å². The van der Waals surface area contributed by atoms with Crippen LogP contribution in [0, 0.1) is 11.6 Å². The maximum absolute atomic E-state index is 14.6. The van der Waals surface area contributed by atoms with E-state index in [1.807, 2.05) is 0 Å². The molecule has 1 aromatic carbocycles. The van der Waals surface area contributed by atoms with Crippen LogP contribution in [0.5, 0.6) is 5.88 Å². The van der Waals surface area contributed by atoms with Crippen molar-refractivity contribution in [2.75, 3.05) is 11.9 Å². The summed E-state index contributed by atoms with van der Waals surface area (Å²) in [5.74, 6) is -6.46. The summed E-state index contributed by atoms with van der Waals surface area (Å²) >= 11 is 0. The Balaban J connectivity index is 1.70. The minimum Gasteiger partial charge on any atom is -0.469 e. The number of pyridine rings is 1. The Bertz CT molecular complexity index is 1210. The van der Waals surface area contributed by atoms with Gasteiger partial charge in [-0.3, -0.25) is 9.78 Å². The van der Waals surface area contributed by atoms with E-state index in [0.717, 1.165) is 24.3 Å². The largest absolute Gasteiger partial charge is 0.469 e. The van der Waals surface area contributed by atoms with Crippen LogP contribution >= 0.6 is 0 Å². The minimum absolute atomic E-state index is 0.0105. The lowest BCUT2D eigenvalue weighted by atomic mass is 9.81. The highest BCUT2D eigenvalue weighted by molar-refractivity contribution is 6.05. The molecule has 1 aliphatic carbocycles. The molecular weight excluding hydrogens is 480 g/mol. The van der Waals surface area contributed by atoms with E-state index in [0.29, 0.717) is 5.56 Å². The molecule has 6 nitrogen and oxygen atoms in total. The van der Waals surface area contributed by atoms with Gasteiger partial charge in [0, 0.05) is 24.6 Å². The van der Waals surface area contributed by atoms with Crippen molar-refractivity contribution in [3.8, 4) is 17.1 Å². The third-order valence-corrected chi connectivity index (χ3v) is 5.63. The number of hydrogen-bond acceptors (Lipinski definition) is 5. The first-order chi connectivity index (χ1) is 16.6. The number of carbonyl (C=O) groups is 1. The first kappa shape index (κ1) is 24.6. The van der Waals surface area contributed by atoms with Crippen LogP contribution in [0.2, 0.25) is 0 Å². The number of hydrogen-bond donors (Lipinski definition) is 1. The number of nitrogens with zero attached hydrogens (tertiary/aromatic N) is 2. The average molecular weight is 499 g/mol. The molecule has 1 saturated carbocycles. The number of halogens is 6. The van der Waals surface area contributed by atoms with Crippen LogP contribution in [0.1, 0.15) is 47.7 Å². The van der Waals surface area contributed by atoms with Crippen molar-refractivity contribution in [3.63, 3.8) is 0 Å². The smallest absolute Gasteiger partial charge is 0.294 e. The summed E-state index contributed by atoms with van der Waals surface area (Å²) in [6, 6.07) is 5.21. The predicted molar refractivity (Wildman–Crippen MR) is 112 cm³/mol. The molecule has 2 aromatic heterocycles. The normalized spacial score (nSPS) is 15.9. The van der Waals surface area contributed by atoms with Crippen molar-refractivity contribution < 1.29 is 40.4 Å². The molecule has 0 radical (unpaired) electrons. The van der Waals surface area contributed by atoms with Gasteiger partial charge in [0.2, 0.25) is 11.7 Å². The SMILES string of the molecule is O=C(Nc1c(C2CCC(F)(F)CC2)ccnc1-c1cc(F)ccc1F)c1cc(OCC(F)F)no1. The molecule has 1 N–H and O–H groups in total. The lowest BCUT2D eigenvalue weighted by Gasteiger charge is -2.30. The summed E-state index contributed by atoms with van der Waals surface area (Å²) < 4.78 is 90.2. The number of benzene rings is 1. The van der Waals surface area contributed by atoms with E-state index in [1.165, 1.54) is 12.3 Å². The van der Waals surface area contributed by atoms with Gasteiger partial charge in [0.05, 0.1) is 17.4 Å². The zero-order valence-electron chi connectivity index (χ0n) is 18.0. The molecular formula is C23H19F6N3O3. The molecule has 3 aromatic rings. The van der Waals surface area contributed by atoms with Crippen molar-refractivity contribution >= 4 is 11.6 Å². The molecule has 186 valence electrons. The maximum Gasteiger partial charge on any atom is 0.294 e. The van der Waals surface area contributed by atoms with Crippen LogP contribution in [-0.4, -0.2) is 35.0 Å². The summed E-state index contributed by atoms with van der Waals surface area (Å²) in [5, 5.41) is 5.91. The predicted octanol–water partition coefficient (Wildman–Crippen LogP) is 6.20. The van der Waals surface area contributed by atoms with E-state index in [2.05, 4.69) is 15.5 Å². The van der Waals surface area contributed by atoms with Crippen molar-refractivity contribution in [1.82, 2.24) is 10.1 Å². The van der Waals surface area contributed by atoms with Gasteiger partial charge in [-0.1, -0.05) is 0 Å². The molecule has 0 spiro atoms. The third kappa shape index (κ3) is 5.75. The Morgan fingerprint density at radius 2 is 1.91 bits per heavy atom. The summed E-state index contributed by atoms with van der Waals surface area (Å²) in [7, 11) is 0. The van der Waals surface area contributed by atoms with Gasteiger partial charge in [0.25, 0.3) is 18.2 Å². The quantitative estimate of drug-likeness (QED) is 0.392. The molecule has 1 fully saturated rings. The molecule has 0 bridgehead atoms. The van der Waals surface area contributed by atoms with E-state index < -0.39 is 48.2 Å². The number of ether oxygens (including phenoxy) is 1. The standard InChI is InChI=1S/C23H19F6N3O3/c24-13-1-2-16(25)15(9-13)20-21(14(5-8-30-20)12-3-6-23(28,29)7-4-12)31-22(33)17-10-19(32-35-17)34-11-18(26)27/h1-2,5,8-10,12,18H,3-4,6-7,11H2,(H,31,33). The highest BCUT2D eigenvalue weighted by Crippen LogP contribution is 2.45. The van der Waals surface area contributed by atoms with Crippen molar-refractivity contribution in [3.05, 3.63) is 59.5 Å². The van der Waals surface area contributed by atoms with Crippen LogP contribution in [-0.2, 0) is 0 Å². The third-order valence-electron chi connectivity index (χ3n) is 5.63. The Hall–Kier alpha value is -3.57. The van der Waals surface area contributed by atoms with Crippen LogP contribution in [0.3, 0.4) is 0 Å². The van der Waals surface area contributed by atoms with Gasteiger partial charge in [-0.15, -0.1) is 0 Å². The number of anilines is 1. The fraction of sp³-hybridized carbons (Fsp3) is 0.348. The number of alkyl halides is 4. The number of carbonyl (C=O) groups excluding carboxylic acids is 1. The summed E-state index contributed by atoms with van der Waals surface area (Å²) in [6.07, 6.45) is -2.00. The Labute approximate surface area is 195 Å². The van der Waals surface area contributed by atoms with E-state index in [4.69, 9.17) is 9.26 Å². The van der Waals surface area contributed by atoms with Crippen molar-refractivity contribution in [2.24, 2.45) is 0 Å². The fourth-order valence-electron chi connectivity index (χ4n) is 3.94. The zero-order valence-corrected chi connectivity index (χ0v) is 18.0. The summed E-state index contributed by atoms with van der Waals surface area (Å²) in [5.41, 5.74) is 0.0422. The summed E-state index contributed by atoms with van der Waals surface area (Å²) in [6.45, 7) is -0.963. The highest BCUT2D eigenvalue weighted by Gasteiger charge is 2.36. The number of amides is 1. The topological polar surface area (TPSA) is 77.2 Å². The second kappa shape index (κ2) is 9.96. The van der Waals surface area contributed by atoms with Crippen LogP contribution in [0.25, 0.3) is 11.3 Å². The first-order valence-corrected chi connectivity index (χ1v) is 10.6. The number of nitrogens with one attached hydrogen (secondary N) is 1. The monoisotopic (exact) mass is 499 g/mol. The average Bonchev–Trinajstić information content (AvgIpc) is 3.29. The molecule has 0 saturated heterocycles. The second-order valence-corrected chi connectivity index (χ2v) is 8.06. The fourth-order valence-corrected chi connectivity index (χ4v) is 3.94. The van der Waals surface area contributed by atoms with Gasteiger partial charge in [-0.05, 0) is 53.7 Å². The number of aromatic nitrogens is 2. The Morgan fingerprint density at radius 1 is 1.17 bits per heavy atom. The zero-order chi connectivity index (χ0) is 25.2. The van der Waals surface area contributed by atoms with E-state index in [1.54, 1.807) is 0 Å². The molecule has 0 unspecified atom stereocenters. The second-order valence-electron chi connectivity index (χ2n) is 8.06. The van der Waals surface area contributed by atoms with Gasteiger partial charge in [-0.2, -0.15) is 0 Å². The van der Waals surface area contributed by atoms with Crippen molar-refractivity contribution in [2.45, 2.75) is 43.9 Å². The van der Waals surface area contributed by atoms with Crippen molar-refractivity contribution in [1.29, 1.82) is 0 Å². The van der Waals surface area contributed by atoms with E-state index >= 15 is 0 Å². The van der Waals surface area contributed by atoms with Gasteiger partial charge in [-0.25, -0.2) is 26.3 Å². The van der Waals surface area contributed by atoms with Crippen LogP contribution in [0.4, 0.5) is 32.0 Å². The molecule has 2 heterocycles. The molecule has 35 heavy (non-hydrogen) atoms. The van der Waals surface area contributed by atoms with Crippen LogP contribution < -0.4 is 10.1 Å². The first-order valence-electron chi connectivity index (χ1n) is 10.6. The molecule has 0 aliphatic heterocycles. The van der Waals surface area contributed by atoms with Gasteiger partial charge < -0.3 is 14.6 Å². The summed E-state index contributed by atoms with van der Waals surface area (Å²) in [4.78, 5) is 17.0. The van der Waals surface area contributed by atoms with E-state index in [9.17, 15) is 31.1 Å². The number of rotatable bonds is 7. The lowest BCUT2D eigenvalue weighted by molar-refractivity contribution is -0.0381. The molecule has 0 atom stereocenters. The lowest BCUT2D eigenvalue weighted by Crippen LogP contribution is -2.24. The van der Waals surface area contributed by atoms with Gasteiger partial charge in [0.1, 0.15) is 11.6 Å². The Kier molecular flexibility index (Phi) is 6.99. The molecule has 12 heteroatoms. The Morgan fingerprint density at radius 3 is 2.63 bits per heavy atom. The van der Waals surface area contributed by atoms with Crippen LogP contribution in [0.15, 0.2) is 41.1 Å².